The smallest absolute Gasteiger partial charge is 0.226 e. The lowest BCUT2D eigenvalue weighted by Crippen LogP contribution is -1.98. The van der Waals surface area contributed by atoms with Crippen molar-refractivity contribution >= 4 is 34.4 Å². The molecule has 0 spiro atoms. The first kappa shape index (κ1) is 9.56. The van der Waals surface area contributed by atoms with Crippen LogP contribution in [0.2, 0.25) is 10.6 Å². The Bertz CT molecular complexity index is 644. The van der Waals surface area contributed by atoms with Gasteiger partial charge >= 0.3 is 0 Å². The van der Waals surface area contributed by atoms with Crippen LogP contribution < -0.4 is 0 Å². The molecule has 16 heavy (non-hydrogen) atoms. The van der Waals surface area contributed by atoms with Crippen LogP contribution in [-0.2, 0) is 0 Å². The zero-order valence-corrected chi connectivity index (χ0v) is 9.24. The number of nitrogens with zero attached hydrogens (tertiary/aromatic N) is 5. The van der Waals surface area contributed by atoms with Crippen LogP contribution in [0.5, 0.6) is 0 Å². The maximum absolute atomic E-state index is 5.80. The molecule has 0 fully saturated rings. The SMILES string of the molecule is Clc1nc(-n2ccnc2)c2[nH]c(Cl)nc2n1. The Labute approximate surface area is 99.3 Å². The molecule has 0 saturated heterocycles. The van der Waals surface area contributed by atoms with E-state index in [-0.39, 0.29) is 10.6 Å². The topological polar surface area (TPSA) is 72.3 Å². The number of halogens is 2. The van der Waals surface area contributed by atoms with Gasteiger partial charge in [0.15, 0.2) is 11.5 Å². The number of fused-ring (bicyclic) bond motifs is 1. The van der Waals surface area contributed by atoms with Crippen LogP contribution in [0.1, 0.15) is 0 Å². The van der Waals surface area contributed by atoms with Gasteiger partial charge in [-0.05, 0) is 23.2 Å². The number of hydrogen-bond acceptors (Lipinski definition) is 4. The fraction of sp³-hybridized carbons (Fsp3) is 0. The Morgan fingerprint density at radius 3 is 2.81 bits per heavy atom. The van der Waals surface area contributed by atoms with Crippen LogP contribution in [0, 0.1) is 0 Å². The molecule has 0 aliphatic carbocycles. The van der Waals surface area contributed by atoms with Crippen molar-refractivity contribution in [1.29, 1.82) is 0 Å². The number of aromatic amines is 1. The molecule has 3 rings (SSSR count). The lowest BCUT2D eigenvalue weighted by Gasteiger charge is -2.01. The number of aromatic nitrogens is 6. The van der Waals surface area contributed by atoms with E-state index in [9.17, 15) is 0 Å². The van der Waals surface area contributed by atoms with Crippen molar-refractivity contribution in [1.82, 2.24) is 29.5 Å². The molecule has 3 aromatic heterocycles. The Kier molecular flexibility index (Phi) is 2.05. The van der Waals surface area contributed by atoms with Crippen molar-refractivity contribution < 1.29 is 0 Å². The average Bonchev–Trinajstić information content (AvgIpc) is 2.83. The monoisotopic (exact) mass is 254 g/mol. The lowest BCUT2D eigenvalue weighted by atomic mass is 10.5. The average molecular weight is 255 g/mol. The molecule has 0 aliphatic rings. The lowest BCUT2D eigenvalue weighted by molar-refractivity contribution is 0.987. The predicted molar refractivity (Wildman–Crippen MR) is 58.8 cm³/mol. The first-order valence-electron chi connectivity index (χ1n) is 4.31. The minimum atomic E-state index is 0.111. The fourth-order valence-electron chi connectivity index (χ4n) is 1.40. The van der Waals surface area contributed by atoms with Crippen molar-refractivity contribution in [2.45, 2.75) is 0 Å². The summed E-state index contributed by atoms with van der Waals surface area (Å²) in [5, 5.41) is 0.354. The fourth-order valence-corrected chi connectivity index (χ4v) is 1.73. The number of H-pyrrole nitrogens is 1. The predicted octanol–water partition coefficient (Wildman–Crippen LogP) is 1.85. The molecule has 0 saturated carbocycles. The van der Waals surface area contributed by atoms with Gasteiger partial charge in [-0.25, -0.2) is 4.98 Å². The highest BCUT2D eigenvalue weighted by Crippen LogP contribution is 2.20. The van der Waals surface area contributed by atoms with Crippen molar-refractivity contribution in [3.63, 3.8) is 0 Å². The first-order chi connectivity index (χ1) is 7.74. The molecule has 0 aromatic carbocycles. The van der Waals surface area contributed by atoms with Crippen LogP contribution in [0.4, 0.5) is 0 Å². The number of nitrogens with one attached hydrogen (secondary N) is 1. The van der Waals surface area contributed by atoms with E-state index in [1.165, 1.54) is 0 Å². The van der Waals surface area contributed by atoms with Gasteiger partial charge in [-0.3, -0.25) is 4.57 Å². The Balaban J connectivity index is 2.38. The van der Waals surface area contributed by atoms with Gasteiger partial charge in [0.05, 0.1) is 0 Å². The maximum atomic E-state index is 5.80. The summed E-state index contributed by atoms with van der Waals surface area (Å²) in [5.74, 6) is 0.562. The molecule has 0 atom stereocenters. The summed E-state index contributed by atoms with van der Waals surface area (Å²) in [4.78, 5) is 18.8. The Morgan fingerprint density at radius 1 is 1.19 bits per heavy atom. The van der Waals surface area contributed by atoms with E-state index in [0.29, 0.717) is 17.0 Å². The van der Waals surface area contributed by atoms with Crippen molar-refractivity contribution in [3.8, 4) is 5.82 Å². The summed E-state index contributed by atoms with van der Waals surface area (Å²) >= 11 is 11.6. The summed E-state index contributed by atoms with van der Waals surface area (Å²) in [5.41, 5.74) is 1.04. The van der Waals surface area contributed by atoms with E-state index in [4.69, 9.17) is 23.2 Å². The summed E-state index contributed by atoms with van der Waals surface area (Å²) < 4.78 is 1.70. The minimum absolute atomic E-state index is 0.111. The van der Waals surface area contributed by atoms with Crippen LogP contribution >= 0.6 is 23.2 Å². The van der Waals surface area contributed by atoms with Crippen LogP contribution in [0.3, 0.4) is 0 Å². The molecule has 6 nitrogen and oxygen atoms in total. The highest BCUT2D eigenvalue weighted by molar-refractivity contribution is 6.29. The highest BCUT2D eigenvalue weighted by atomic mass is 35.5. The van der Waals surface area contributed by atoms with E-state index in [0.717, 1.165) is 0 Å². The van der Waals surface area contributed by atoms with E-state index < -0.39 is 0 Å². The molecule has 0 amide bonds. The molecule has 3 aromatic rings. The second-order valence-corrected chi connectivity index (χ2v) is 3.71. The van der Waals surface area contributed by atoms with Crippen LogP contribution in [0.25, 0.3) is 17.0 Å². The number of imidazole rings is 2. The third-order valence-corrected chi connectivity index (χ3v) is 2.37. The zero-order chi connectivity index (χ0) is 11.1. The Morgan fingerprint density at radius 2 is 2.06 bits per heavy atom. The molecule has 3 heterocycles. The van der Waals surface area contributed by atoms with Gasteiger partial charge in [0.25, 0.3) is 0 Å². The van der Waals surface area contributed by atoms with Crippen molar-refractivity contribution in [3.05, 3.63) is 29.3 Å². The van der Waals surface area contributed by atoms with Crippen LogP contribution in [0.15, 0.2) is 18.7 Å². The van der Waals surface area contributed by atoms with Gasteiger partial charge in [0.1, 0.15) is 11.8 Å². The second kappa shape index (κ2) is 3.43. The van der Waals surface area contributed by atoms with E-state index in [1.54, 1.807) is 23.3 Å². The van der Waals surface area contributed by atoms with Gasteiger partial charge < -0.3 is 4.98 Å². The summed E-state index contributed by atoms with van der Waals surface area (Å²) in [6, 6.07) is 0. The number of hydrogen-bond donors (Lipinski definition) is 1. The third-order valence-electron chi connectivity index (χ3n) is 2.02. The van der Waals surface area contributed by atoms with Gasteiger partial charge in [-0.15, -0.1) is 0 Å². The molecule has 1 N–H and O–H groups in total. The zero-order valence-electron chi connectivity index (χ0n) is 7.72. The van der Waals surface area contributed by atoms with Crippen LogP contribution in [-0.4, -0.2) is 29.5 Å². The van der Waals surface area contributed by atoms with Gasteiger partial charge in [0, 0.05) is 12.4 Å². The van der Waals surface area contributed by atoms with Gasteiger partial charge in [-0.1, -0.05) is 0 Å². The normalized spacial score (nSPS) is 11.1. The summed E-state index contributed by atoms with van der Waals surface area (Å²) in [6.45, 7) is 0. The van der Waals surface area contributed by atoms with Gasteiger partial charge in [0.2, 0.25) is 10.6 Å². The minimum Gasteiger partial charge on any atom is -0.324 e. The van der Waals surface area contributed by atoms with E-state index >= 15 is 0 Å². The molecule has 0 aliphatic heterocycles. The standard InChI is InChI=1S/C8H4Cl2N6/c9-7-12-4-5(13-7)14-8(10)15-6(4)16-2-1-11-3-16/h1-3H,(H,12,13,14,15). The molecule has 0 radical (unpaired) electrons. The molecular formula is C8H4Cl2N6. The largest absolute Gasteiger partial charge is 0.324 e. The molecule has 0 bridgehead atoms. The second-order valence-electron chi connectivity index (χ2n) is 3.01. The number of rotatable bonds is 1. The molecular weight excluding hydrogens is 251 g/mol. The molecule has 0 unspecified atom stereocenters. The third kappa shape index (κ3) is 1.43. The Hall–Kier alpha value is -1.66. The maximum Gasteiger partial charge on any atom is 0.226 e. The first-order valence-corrected chi connectivity index (χ1v) is 5.07. The summed E-state index contributed by atoms with van der Waals surface area (Å²) in [7, 11) is 0. The van der Waals surface area contributed by atoms with Gasteiger partial charge in [-0.2, -0.15) is 15.0 Å². The van der Waals surface area contributed by atoms with E-state index in [1.807, 2.05) is 0 Å². The quantitative estimate of drug-likeness (QED) is 0.532. The molecule has 80 valence electrons. The molecule has 8 heteroatoms. The van der Waals surface area contributed by atoms with Crippen molar-refractivity contribution in [2.75, 3.05) is 0 Å². The van der Waals surface area contributed by atoms with Crippen molar-refractivity contribution in [2.24, 2.45) is 0 Å². The van der Waals surface area contributed by atoms with E-state index in [2.05, 4.69) is 24.9 Å². The highest BCUT2D eigenvalue weighted by Gasteiger charge is 2.12. The summed E-state index contributed by atoms with van der Waals surface area (Å²) in [6.07, 6.45) is 4.99.